The highest BCUT2D eigenvalue weighted by atomic mass is 32.3. The molecule has 1 rings (SSSR count). The van der Waals surface area contributed by atoms with Gasteiger partial charge >= 0.3 is 28.3 Å². The quantitative estimate of drug-likeness (QED) is 0.535. The second-order valence-corrected chi connectivity index (χ2v) is 4.62. The third-order valence-electron chi connectivity index (χ3n) is 1.87. The maximum atomic E-state index is 10.6. The summed E-state index contributed by atoms with van der Waals surface area (Å²) in [6, 6.07) is 5.06. The first kappa shape index (κ1) is 19.3. The molecule has 11 heteroatoms. The van der Waals surface area contributed by atoms with Crippen molar-refractivity contribution in [3.63, 3.8) is 0 Å². The Morgan fingerprint density at radius 2 is 1.41 bits per heavy atom. The molecule has 0 aliphatic carbocycles. The van der Waals surface area contributed by atoms with Gasteiger partial charge in [0, 0.05) is 0 Å². The molecule has 0 atom stereocenters. The molecule has 0 heterocycles. The summed E-state index contributed by atoms with van der Waals surface area (Å²) in [5.74, 6) is -3.92. The lowest BCUT2D eigenvalue weighted by Gasteiger charge is -2.03. The summed E-state index contributed by atoms with van der Waals surface area (Å²) in [4.78, 5) is 29.8. The Morgan fingerprint density at radius 1 is 0.955 bits per heavy atom. The number of para-hydroxylation sites is 1. The van der Waals surface area contributed by atoms with Crippen LogP contribution in [0.1, 0.15) is 23.2 Å². The van der Waals surface area contributed by atoms with E-state index in [2.05, 4.69) is 4.18 Å². The average molecular weight is 336 g/mol. The number of aromatic carboxylic acids is 1. The lowest BCUT2D eigenvalue weighted by atomic mass is 10.2. The molecule has 0 spiro atoms. The molecule has 1 aromatic rings. The van der Waals surface area contributed by atoms with Gasteiger partial charge in [0.05, 0.1) is 12.8 Å². The van der Waals surface area contributed by atoms with E-state index < -0.39 is 34.1 Å². The SMILES string of the molecule is O=C(O)CCC(=O)O.O=C(O)c1ccccc1OS(=O)(=O)O. The maximum Gasteiger partial charge on any atom is 0.446 e. The van der Waals surface area contributed by atoms with Crippen LogP contribution < -0.4 is 4.18 Å². The smallest absolute Gasteiger partial charge is 0.446 e. The molecule has 0 bridgehead atoms. The van der Waals surface area contributed by atoms with Gasteiger partial charge in [0.15, 0.2) is 5.75 Å². The van der Waals surface area contributed by atoms with E-state index in [1.807, 2.05) is 0 Å². The number of rotatable bonds is 6. The van der Waals surface area contributed by atoms with Gasteiger partial charge in [0.2, 0.25) is 0 Å². The highest BCUT2D eigenvalue weighted by molar-refractivity contribution is 7.81. The molecule has 122 valence electrons. The number of carboxylic acids is 3. The molecule has 0 fully saturated rings. The zero-order valence-corrected chi connectivity index (χ0v) is 11.7. The van der Waals surface area contributed by atoms with E-state index in [0.717, 1.165) is 12.1 Å². The summed E-state index contributed by atoms with van der Waals surface area (Å²) in [5.41, 5.74) is -0.342. The Morgan fingerprint density at radius 3 is 1.77 bits per heavy atom. The van der Waals surface area contributed by atoms with Crippen molar-refractivity contribution in [3.05, 3.63) is 29.8 Å². The summed E-state index contributed by atoms with van der Waals surface area (Å²) in [7, 11) is -4.70. The summed E-state index contributed by atoms with van der Waals surface area (Å²) < 4.78 is 33.0. The molecule has 0 aliphatic heterocycles. The van der Waals surface area contributed by atoms with Gasteiger partial charge in [0.1, 0.15) is 5.56 Å². The zero-order valence-electron chi connectivity index (χ0n) is 10.9. The summed E-state index contributed by atoms with van der Waals surface area (Å²) in [6.07, 6.45) is -0.593. The molecular formula is C11H12O10S. The Labute approximate surface area is 124 Å². The number of hydrogen-bond acceptors (Lipinski definition) is 6. The van der Waals surface area contributed by atoms with Gasteiger partial charge in [-0.25, -0.2) is 4.79 Å². The van der Waals surface area contributed by atoms with Crippen LogP contribution in [0.25, 0.3) is 0 Å². The van der Waals surface area contributed by atoms with Crippen molar-refractivity contribution in [2.24, 2.45) is 0 Å². The van der Waals surface area contributed by atoms with Gasteiger partial charge in [0.25, 0.3) is 0 Å². The minimum atomic E-state index is -4.70. The van der Waals surface area contributed by atoms with Crippen LogP contribution in [0.5, 0.6) is 5.75 Å². The topological polar surface area (TPSA) is 175 Å². The first-order chi connectivity index (χ1) is 10.0. The van der Waals surface area contributed by atoms with E-state index >= 15 is 0 Å². The molecule has 0 radical (unpaired) electrons. The predicted molar refractivity (Wildman–Crippen MR) is 70.1 cm³/mol. The Hall–Kier alpha value is -2.66. The fraction of sp³-hybridized carbons (Fsp3) is 0.182. The molecule has 0 saturated heterocycles. The molecule has 22 heavy (non-hydrogen) atoms. The number of aliphatic carboxylic acids is 2. The van der Waals surface area contributed by atoms with Gasteiger partial charge in [-0.1, -0.05) is 12.1 Å². The monoisotopic (exact) mass is 336 g/mol. The Balaban J connectivity index is 0.000000472. The molecular weight excluding hydrogens is 324 g/mol. The van der Waals surface area contributed by atoms with Crippen LogP contribution in [-0.2, 0) is 20.0 Å². The lowest BCUT2D eigenvalue weighted by molar-refractivity contribution is -0.143. The van der Waals surface area contributed by atoms with Crippen molar-refractivity contribution in [2.75, 3.05) is 0 Å². The van der Waals surface area contributed by atoms with E-state index in [0.29, 0.717) is 0 Å². The van der Waals surface area contributed by atoms with E-state index in [9.17, 15) is 22.8 Å². The third kappa shape index (κ3) is 9.28. The van der Waals surface area contributed by atoms with Crippen LogP contribution in [0.15, 0.2) is 24.3 Å². The lowest BCUT2D eigenvalue weighted by Crippen LogP contribution is -2.10. The molecule has 0 unspecified atom stereocenters. The molecule has 1 aromatic carbocycles. The second kappa shape index (κ2) is 8.59. The molecule has 0 aliphatic rings. The highest BCUT2D eigenvalue weighted by Gasteiger charge is 2.15. The van der Waals surface area contributed by atoms with Crippen molar-refractivity contribution in [1.29, 1.82) is 0 Å². The Bertz CT molecular complexity index is 635. The number of benzene rings is 1. The first-order valence-electron chi connectivity index (χ1n) is 5.45. The molecule has 0 amide bonds. The van der Waals surface area contributed by atoms with E-state index in [4.69, 9.17) is 19.9 Å². The van der Waals surface area contributed by atoms with Crippen LogP contribution in [0.2, 0.25) is 0 Å². The van der Waals surface area contributed by atoms with Crippen molar-refractivity contribution in [1.82, 2.24) is 0 Å². The predicted octanol–water partition coefficient (Wildman–Crippen LogP) is 0.502. The minimum Gasteiger partial charge on any atom is -0.481 e. The van der Waals surface area contributed by atoms with E-state index in [1.54, 1.807) is 0 Å². The van der Waals surface area contributed by atoms with Crippen LogP contribution in [0, 0.1) is 0 Å². The number of hydrogen-bond donors (Lipinski definition) is 4. The molecule has 4 N–H and O–H groups in total. The first-order valence-corrected chi connectivity index (χ1v) is 6.82. The summed E-state index contributed by atoms with van der Waals surface area (Å²) >= 11 is 0. The fourth-order valence-corrected chi connectivity index (χ4v) is 1.42. The maximum absolute atomic E-state index is 10.6. The van der Waals surface area contributed by atoms with Crippen LogP contribution >= 0.6 is 0 Å². The van der Waals surface area contributed by atoms with Crippen molar-refractivity contribution < 1.29 is 46.9 Å². The second-order valence-electron chi connectivity index (χ2n) is 3.60. The largest absolute Gasteiger partial charge is 0.481 e. The molecule has 0 aromatic heterocycles. The van der Waals surface area contributed by atoms with E-state index in [1.165, 1.54) is 12.1 Å². The van der Waals surface area contributed by atoms with Gasteiger partial charge in [-0.2, -0.15) is 8.42 Å². The van der Waals surface area contributed by atoms with Gasteiger partial charge in [-0.05, 0) is 12.1 Å². The Kier molecular flexibility index (Phi) is 7.55. The standard InChI is InChI=1S/C7H6O6S.C4H6O4/c8-7(9)5-3-1-2-4-6(5)13-14(10,11)12;5-3(6)1-2-4(7)8/h1-4H,(H,8,9)(H,10,11,12);1-2H2,(H,5,6)(H,7,8). The summed E-state index contributed by atoms with van der Waals surface area (Å²) in [5, 5.41) is 24.4. The van der Waals surface area contributed by atoms with Crippen molar-refractivity contribution >= 4 is 28.3 Å². The van der Waals surface area contributed by atoms with Crippen LogP contribution in [0.4, 0.5) is 0 Å². The third-order valence-corrected chi connectivity index (χ3v) is 2.26. The molecule has 10 nitrogen and oxygen atoms in total. The highest BCUT2D eigenvalue weighted by Crippen LogP contribution is 2.18. The van der Waals surface area contributed by atoms with Gasteiger partial charge in [-0.15, -0.1) is 0 Å². The van der Waals surface area contributed by atoms with Crippen molar-refractivity contribution in [2.45, 2.75) is 12.8 Å². The van der Waals surface area contributed by atoms with Gasteiger partial charge in [-0.3, -0.25) is 14.1 Å². The van der Waals surface area contributed by atoms with Crippen LogP contribution in [-0.4, -0.2) is 46.2 Å². The average Bonchev–Trinajstić information content (AvgIpc) is 2.35. The minimum absolute atomic E-state index is 0.296. The van der Waals surface area contributed by atoms with Crippen LogP contribution in [0.3, 0.4) is 0 Å². The number of carboxylic acid groups (broad SMARTS) is 3. The number of carbonyl (C=O) groups is 3. The zero-order chi connectivity index (χ0) is 17.3. The van der Waals surface area contributed by atoms with Gasteiger partial charge < -0.3 is 19.5 Å². The normalized spacial score (nSPS) is 10.0. The summed E-state index contributed by atoms with van der Waals surface area (Å²) in [6.45, 7) is 0. The van der Waals surface area contributed by atoms with Crippen molar-refractivity contribution in [3.8, 4) is 5.75 Å². The fourth-order valence-electron chi connectivity index (χ4n) is 1.04. The van der Waals surface area contributed by atoms with E-state index in [-0.39, 0.29) is 18.4 Å². The molecule has 0 saturated carbocycles.